The highest BCUT2D eigenvalue weighted by Crippen LogP contribution is 2.23. The third-order valence-electron chi connectivity index (χ3n) is 3.37. The minimum Gasteiger partial charge on any atom is -0.481 e. The first-order chi connectivity index (χ1) is 9.01. The van der Waals surface area contributed by atoms with Crippen molar-refractivity contribution in [2.45, 2.75) is 20.0 Å². The molecule has 1 fully saturated rings. The van der Waals surface area contributed by atoms with Gasteiger partial charge in [-0.3, -0.25) is 9.59 Å². The van der Waals surface area contributed by atoms with Gasteiger partial charge in [-0.25, -0.2) is 4.68 Å². The van der Waals surface area contributed by atoms with Crippen molar-refractivity contribution in [3.05, 3.63) is 11.9 Å². The number of aliphatic carboxylic acids is 1. The van der Waals surface area contributed by atoms with Crippen LogP contribution in [0.25, 0.3) is 0 Å². The molecule has 2 rings (SSSR count). The molecule has 1 aliphatic rings. The topological polar surface area (TPSA) is 114 Å². The fourth-order valence-corrected chi connectivity index (χ4v) is 2.24. The third-order valence-corrected chi connectivity index (χ3v) is 3.37. The lowest BCUT2D eigenvalue weighted by molar-refractivity contribution is -0.142. The van der Waals surface area contributed by atoms with Crippen LogP contribution < -0.4 is 5.73 Å². The van der Waals surface area contributed by atoms with Gasteiger partial charge in [-0.05, 0) is 5.92 Å². The van der Waals surface area contributed by atoms with Crippen molar-refractivity contribution in [1.29, 1.82) is 0 Å². The maximum absolute atomic E-state index is 12.0. The van der Waals surface area contributed by atoms with Crippen LogP contribution in [0.5, 0.6) is 0 Å². The molecule has 8 nitrogen and oxygen atoms in total. The van der Waals surface area contributed by atoms with E-state index in [-0.39, 0.29) is 31.5 Å². The van der Waals surface area contributed by atoms with E-state index in [1.807, 2.05) is 6.92 Å². The minimum atomic E-state index is -0.853. The lowest BCUT2D eigenvalue weighted by Crippen LogP contribution is -2.33. The maximum atomic E-state index is 12.0. The zero-order valence-corrected chi connectivity index (χ0v) is 10.7. The number of hydrogen-bond acceptors (Lipinski definition) is 5. The van der Waals surface area contributed by atoms with Gasteiger partial charge in [0, 0.05) is 19.6 Å². The number of amides is 1. The summed E-state index contributed by atoms with van der Waals surface area (Å²) >= 11 is 0. The molecular formula is C11H17N5O3. The minimum absolute atomic E-state index is 0.0307. The van der Waals surface area contributed by atoms with E-state index in [4.69, 9.17) is 10.8 Å². The molecule has 1 aromatic heterocycles. The van der Waals surface area contributed by atoms with Crippen LogP contribution in [-0.2, 0) is 22.7 Å². The van der Waals surface area contributed by atoms with E-state index >= 15 is 0 Å². The Balaban J connectivity index is 1.96. The van der Waals surface area contributed by atoms with E-state index in [0.29, 0.717) is 12.2 Å². The van der Waals surface area contributed by atoms with E-state index in [2.05, 4.69) is 10.3 Å². The number of rotatable bonds is 4. The van der Waals surface area contributed by atoms with Crippen LogP contribution in [-0.4, -0.2) is 50.0 Å². The first-order valence-corrected chi connectivity index (χ1v) is 6.11. The number of nitrogens with two attached hydrogens (primary N) is 1. The quantitative estimate of drug-likeness (QED) is 0.717. The molecule has 19 heavy (non-hydrogen) atoms. The number of aromatic nitrogens is 3. The second kappa shape index (κ2) is 5.35. The summed E-state index contributed by atoms with van der Waals surface area (Å²) < 4.78 is 1.42. The van der Waals surface area contributed by atoms with Crippen LogP contribution >= 0.6 is 0 Å². The molecule has 1 saturated heterocycles. The Morgan fingerprint density at radius 3 is 2.79 bits per heavy atom. The summed E-state index contributed by atoms with van der Waals surface area (Å²) in [5, 5.41) is 16.6. The second-order valence-electron chi connectivity index (χ2n) is 4.83. The monoisotopic (exact) mass is 267 g/mol. The smallest absolute Gasteiger partial charge is 0.308 e. The molecule has 1 aromatic rings. The number of hydrogen-bond donors (Lipinski definition) is 2. The third kappa shape index (κ3) is 2.90. The Morgan fingerprint density at radius 1 is 1.53 bits per heavy atom. The lowest BCUT2D eigenvalue weighted by atomic mass is 9.99. The molecular weight excluding hydrogens is 250 g/mol. The van der Waals surface area contributed by atoms with Crippen molar-refractivity contribution in [3.63, 3.8) is 0 Å². The largest absolute Gasteiger partial charge is 0.481 e. The second-order valence-corrected chi connectivity index (χ2v) is 4.83. The predicted molar refractivity (Wildman–Crippen MR) is 64.8 cm³/mol. The molecule has 2 atom stereocenters. The molecule has 0 radical (unpaired) electrons. The van der Waals surface area contributed by atoms with Gasteiger partial charge in [0.1, 0.15) is 6.54 Å². The number of carbonyl (C=O) groups excluding carboxylic acids is 1. The van der Waals surface area contributed by atoms with E-state index in [0.717, 1.165) is 0 Å². The standard InChI is InChI=1S/C11H17N5O3/c1-7-3-15(5-9(7)11(18)19)10(17)6-16-4-8(2-12)13-14-16/h4,7,9H,2-3,5-6,12H2,1H3,(H,18,19). The van der Waals surface area contributed by atoms with Gasteiger partial charge in [0.2, 0.25) is 5.91 Å². The highest BCUT2D eigenvalue weighted by atomic mass is 16.4. The Bertz CT molecular complexity index is 486. The maximum Gasteiger partial charge on any atom is 0.308 e. The van der Waals surface area contributed by atoms with Gasteiger partial charge in [0.05, 0.1) is 17.8 Å². The molecule has 1 aliphatic heterocycles. The van der Waals surface area contributed by atoms with Gasteiger partial charge in [0.15, 0.2) is 0 Å². The normalized spacial score (nSPS) is 22.7. The van der Waals surface area contributed by atoms with Gasteiger partial charge in [-0.15, -0.1) is 5.10 Å². The first-order valence-electron chi connectivity index (χ1n) is 6.11. The highest BCUT2D eigenvalue weighted by Gasteiger charge is 2.36. The van der Waals surface area contributed by atoms with Gasteiger partial charge in [-0.2, -0.15) is 0 Å². The molecule has 2 unspecified atom stereocenters. The van der Waals surface area contributed by atoms with Crippen LogP contribution in [0, 0.1) is 11.8 Å². The molecule has 0 aromatic carbocycles. The Kier molecular flexibility index (Phi) is 3.79. The molecule has 0 saturated carbocycles. The van der Waals surface area contributed by atoms with Crippen LogP contribution in [0.1, 0.15) is 12.6 Å². The van der Waals surface area contributed by atoms with Gasteiger partial charge in [0.25, 0.3) is 0 Å². The summed E-state index contributed by atoms with van der Waals surface area (Å²) in [6.45, 7) is 2.90. The predicted octanol–water partition coefficient (Wildman–Crippen LogP) is -1.08. The summed E-state index contributed by atoms with van der Waals surface area (Å²) in [6.07, 6.45) is 1.62. The van der Waals surface area contributed by atoms with Crippen molar-refractivity contribution in [2.75, 3.05) is 13.1 Å². The molecule has 2 heterocycles. The SMILES string of the molecule is CC1CN(C(=O)Cn2cc(CN)nn2)CC1C(=O)O. The number of nitrogens with zero attached hydrogens (tertiary/aromatic N) is 4. The van der Waals surface area contributed by atoms with Crippen LogP contribution in [0.4, 0.5) is 0 Å². The number of likely N-dealkylation sites (tertiary alicyclic amines) is 1. The van der Waals surface area contributed by atoms with Gasteiger partial charge in [-0.1, -0.05) is 12.1 Å². The average Bonchev–Trinajstić information content (AvgIpc) is 2.95. The van der Waals surface area contributed by atoms with E-state index in [1.54, 1.807) is 11.1 Å². The van der Waals surface area contributed by atoms with Gasteiger partial charge >= 0.3 is 5.97 Å². The van der Waals surface area contributed by atoms with E-state index < -0.39 is 11.9 Å². The van der Waals surface area contributed by atoms with Crippen LogP contribution in [0.3, 0.4) is 0 Å². The van der Waals surface area contributed by atoms with Crippen LogP contribution in [0.2, 0.25) is 0 Å². The van der Waals surface area contributed by atoms with Crippen molar-refractivity contribution >= 4 is 11.9 Å². The summed E-state index contributed by atoms with van der Waals surface area (Å²) in [5.74, 6) is -1.52. The Morgan fingerprint density at radius 2 is 2.26 bits per heavy atom. The van der Waals surface area contributed by atoms with E-state index in [9.17, 15) is 9.59 Å². The van der Waals surface area contributed by atoms with Crippen molar-refractivity contribution in [2.24, 2.45) is 17.6 Å². The average molecular weight is 267 g/mol. The summed E-state index contributed by atoms with van der Waals surface area (Å²) in [7, 11) is 0. The molecule has 0 bridgehead atoms. The molecule has 1 amide bonds. The zero-order chi connectivity index (χ0) is 14.0. The molecule has 104 valence electrons. The fraction of sp³-hybridized carbons (Fsp3) is 0.636. The van der Waals surface area contributed by atoms with Crippen molar-refractivity contribution in [3.8, 4) is 0 Å². The Labute approximate surface area is 110 Å². The Hall–Kier alpha value is -1.96. The fourth-order valence-electron chi connectivity index (χ4n) is 2.24. The summed E-state index contributed by atoms with van der Waals surface area (Å²) in [4.78, 5) is 24.6. The van der Waals surface area contributed by atoms with Crippen molar-refractivity contribution < 1.29 is 14.7 Å². The highest BCUT2D eigenvalue weighted by molar-refractivity contribution is 5.78. The number of carbonyl (C=O) groups is 2. The molecule has 0 aliphatic carbocycles. The van der Waals surface area contributed by atoms with E-state index in [1.165, 1.54) is 4.68 Å². The summed E-state index contributed by atoms with van der Waals surface area (Å²) in [6, 6.07) is 0. The zero-order valence-electron chi connectivity index (χ0n) is 10.7. The number of carboxylic acid groups (broad SMARTS) is 1. The molecule has 8 heteroatoms. The molecule has 0 spiro atoms. The van der Waals surface area contributed by atoms with Crippen molar-refractivity contribution in [1.82, 2.24) is 19.9 Å². The summed E-state index contributed by atoms with van der Waals surface area (Å²) in [5.41, 5.74) is 6.03. The molecule has 3 N–H and O–H groups in total. The van der Waals surface area contributed by atoms with Gasteiger partial charge < -0.3 is 15.7 Å². The first kappa shape index (κ1) is 13.5. The van der Waals surface area contributed by atoms with Crippen LogP contribution in [0.15, 0.2) is 6.20 Å². The lowest BCUT2D eigenvalue weighted by Gasteiger charge is -2.15. The number of carboxylic acids is 1.